The average molecular weight is 437 g/mol. The van der Waals surface area contributed by atoms with E-state index in [2.05, 4.69) is 28.2 Å². The predicted molar refractivity (Wildman–Crippen MR) is 129 cm³/mol. The zero-order valence-corrected chi connectivity index (χ0v) is 18.6. The molecule has 6 rings (SSSR count). The zero-order valence-electron chi connectivity index (χ0n) is 18.6. The van der Waals surface area contributed by atoms with Crippen molar-refractivity contribution in [3.63, 3.8) is 0 Å². The molecular formula is C27H24N4O2. The highest BCUT2D eigenvalue weighted by molar-refractivity contribution is 5.99. The molecular weight excluding hydrogens is 412 g/mol. The number of nitrogens with one attached hydrogen (secondary N) is 1. The van der Waals surface area contributed by atoms with Gasteiger partial charge in [0.15, 0.2) is 0 Å². The van der Waals surface area contributed by atoms with Crippen molar-refractivity contribution in [2.24, 2.45) is 7.05 Å². The number of pyridine rings is 1. The number of ether oxygens (including phenoxy) is 1. The van der Waals surface area contributed by atoms with E-state index in [1.165, 1.54) is 10.9 Å². The maximum atomic E-state index is 14.0. The molecule has 6 heteroatoms. The van der Waals surface area contributed by atoms with Crippen molar-refractivity contribution >= 4 is 27.7 Å². The number of methoxy groups -OCH3 is 1. The highest BCUT2D eigenvalue weighted by atomic mass is 16.5. The molecule has 164 valence electrons. The van der Waals surface area contributed by atoms with Gasteiger partial charge < -0.3 is 19.2 Å². The summed E-state index contributed by atoms with van der Waals surface area (Å²) < 4.78 is 7.34. The van der Waals surface area contributed by atoms with Gasteiger partial charge in [0.25, 0.3) is 5.91 Å². The second-order valence-corrected chi connectivity index (χ2v) is 8.48. The van der Waals surface area contributed by atoms with Crippen LogP contribution in [0.4, 0.5) is 0 Å². The standard InChI is InChI=1S/C27H24N4O2/c1-30-23-16-18(33-2)11-10-17(23)15-24(30)27(32)31-14-12-20-19-7-3-4-8-21(19)29-25(20)26(31)22-9-5-6-13-28-22/h3-11,13,15-16,26,29H,12,14H2,1-2H3/t26-/m1/s1. The monoisotopic (exact) mass is 436 g/mol. The molecule has 4 heterocycles. The van der Waals surface area contributed by atoms with Crippen molar-refractivity contribution in [1.29, 1.82) is 0 Å². The molecule has 33 heavy (non-hydrogen) atoms. The lowest BCUT2D eigenvalue weighted by Crippen LogP contribution is -2.41. The molecule has 0 fully saturated rings. The molecule has 0 saturated heterocycles. The Balaban J connectivity index is 1.49. The number of fused-ring (bicyclic) bond motifs is 4. The second kappa shape index (κ2) is 7.52. The molecule has 0 unspecified atom stereocenters. The van der Waals surface area contributed by atoms with Crippen LogP contribution in [0.3, 0.4) is 0 Å². The first-order chi connectivity index (χ1) is 16.2. The number of amides is 1. The normalized spacial score (nSPS) is 15.7. The third kappa shape index (κ3) is 3.02. The summed E-state index contributed by atoms with van der Waals surface area (Å²) in [5, 5.41) is 2.23. The fraction of sp³-hybridized carbons (Fsp3) is 0.185. The number of aromatic nitrogens is 3. The van der Waals surface area contributed by atoms with Crippen LogP contribution in [-0.2, 0) is 13.5 Å². The summed E-state index contributed by atoms with van der Waals surface area (Å²) in [7, 11) is 3.59. The molecule has 1 amide bonds. The number of para-hydroxylation sites is 1. The number of aromatic amines is 1. The van der Waals surface area contributed by atoms with Gasteiger partial charge in [-0.05, 0) is 48.4 Å². The number of H-pyrrole nitrogens is 1. The van der Waals surface area contributed by atoms with E-state index >= 15 is 0 Å². The molecule has 3 aromatic heterocycles. The van der Waals surface area contributed by atoms with Crippen LogP contribution in [0.15, 0.2) is 72.9 Å². The highest BCUT2D eigenvalue weighted by Gasteiger charge is 2.36. The SMILES string of the molecule is COc1ccc2cc(C(=O)N3CCc4c([nH]c5ccccc45)[C@H]3c3ccccn3)n(C)c2c1. The Morgan fingerprint density at radius 3 is 2.76 bits per heavy atom. The van der Waals surface area contributed by atoms with Gasteiger partial charge in [-0.2, -0.15) is 0 Å². The van der Waals surface area contributed by atoms with E-state index in [9.17, 15) is 4.79 Å². The molecule has 0 aliphatic carbocycles. The Morgan fingerprint density at radius 2 is 1.94 bits per heavy atom. The first-order valence-corrected chi connectivity index (χ1v) is 11.1. The van der Waals surface area contributed by atoms with E-state index in [-0.39, 0.29) is 11.9 Å². The molecule has 2 aromatic carbocycles. The minimum absolute atomic E-state index is 0.00683. The molecule has 1 atom stereocenters. The van der Waals surface area contributed by atoms with E-state index in [1.807, 2.05) is 65.0 Å². The van der Waals surface area contributed by atoms with Crippen LogP contribution < -0.4 is 4.74 Å². The summed E-state index contributed by atoms with van der Waals surface area (Å²) in [6, 6.07) is 21.8. The summed E-state index contributed by atoms with van der Waals surface area (Å²) in [6.07, 6.45) is 2.59. The first-order valence-electron chi connectivity index (χ1n) is 11.1. The quantitative estimate of drug-likeness (QED) is 0.440. The van der Waals surface area contributed by atoms with E-state index < -0.39 is 0 Å². The van der Waals surface area contributed by atoms with Gasteiger partial charge in [-0.25, -0.2) is 0 Å². The van der Waals surface area contributed by atoms with Crippen molar-refractivity contribution < 1.29 is 9.53 Å². The fourth-order valence-electron chi connectivity index (χ4n) is 5.09. The van der Waals surface area contributed by atoms with Crippen LogP contribution in [-0.4, -0.2) is 39.0 Å². The van der Waals surface area contributed by atoms with Gasteiger partial charge in [0, 0.05) is 47.8 Å². The molecule has 0 bridgehead atoms. The lowest BCUT2D eigenvalue weighted by molar-refractivity contribution is 0.0679. The maximum Gasteiger partial charge on any atom is 0.271 e. The number of benzene rings is 2. The van der Waals surface area contributed by atoms with Gasteiger partial charge >= 0.3 is 0 Å². The minimum Gasteiger partial charge on any atom is -0.497 e. The van der Waals surface area contributed by atoms with Crippen molar-refractivity contribution in [3.05, 3.63) is 95.6 Å². The summed E-state index contributed by atoms with van der Waals surface area (Å²) in [6.45, 7) is 0.625. The lowest BCUT2D eigenvalue weighted by Gasteiger charge is -2.35. The molecule has 0 saturated carbocycles. The molecule has 5 aromatic rings. The van der Waals surface area contributed by atoms with E-state index in [0.29, 0.717) is 12.2 Å². The van der Waals surface area contributed by atoms with Gasteiger partial charge in [-0.15, -0.1) is 0 Å². The smallest absolute Gasteiger partial charge is 0.271 e. The maximum absolute atomic E-state index is 14.0. The molecule has 0 radical (unpaired) electrons. The van der Waals surface area contributed by atoms with Crippen LogP contribution in [0.5, 0.6) is 5.75 Å². The van der Waals surface area contributed by atoms with Crippen molar-refractivity contribution in [2.45, 2.75) is 12.5 Å². The van der Waals surface area contributed by atoms with Crippen molar-refractivity contribution in [1.82, 2.24) is 19.4 Å². The number of rotatable bonds is 3. The Labute approximate surface area is 191 Å². The Kier molecular flexibility index (Phi) is 4.47. The van der Waals surface area contributed by atoms with Crippen LogP contribution in [0, 0.1) is 0 Å². The van der Waals surface area contributed by atoms with E-state index in [1.54, 1.807) is 13.3 Å². The Bertz CT molecular complexity index is 1500. The molecule has 1 aliphatic heterocycles. The van der Waals surface area contributed by atoms with Gasteiger partial charge in [0.2, 0.25) is 0 Å². The summed E-state index contributed by atoms with van der Waals surface area (Å²) in [5.41, 5.74) is 5.89. The van der Waals surface area contributed by atoms with Crippen LogP contribution in [0.25, 0.3) is 21.8 Å². The number of aryl methyl sites for hydroxylation is 1. The third-order valence-corrected chi connectivity index (χ3v) is 6.73. The van der Waals surface area contributed by atoms with E-state index in [4.69, 9.17) is 4.74 Å². The first kappa shape index (κ1) is 19.6. The Morgan fingerprint density at radius 1 is 1.09 bits per heavy atom. The lowest BCUT2D eigenvalue weighted by atomic mass is 9.94. The Hall–Kier alpha value is -4.06. The van der Waals surface area contributed by atoms with Crippen molar-refractivity contribution in [2.75, 3.05) is 13.7 Å². The minimum atomic E-state index is -0.276. The number of carbonyl (C=O) groups is 1. The largest absolute Gasteiger partial charge is 0.497 e. The van der Waals surface area contributed by atoms with Crippen molar-refractivity contribution in [3.8, 4) is 5.75 Å². The van der Waals surface area contributed by atoms with E-state index in [0.717, 1.165) is 40.0 Å². The van der Waals surface area contributed by atoms with Crippen LogP contribution >= 0.6 is 0 Å². The van der Waals surface area contributed by atoms with Gasteiger partial charge in [0.05, 0.1) is 18.3 Å². The molecule has 1 N–H and O–H groups in total. The second-order valence-electron chi connectivity index (χ2n) is 8.48. The molecule has 1 aliphatic rings. The number of hydrogen-bond donors (Lipinski definition) is 1. The molecule has 0 spiro atoms. The van der Waals surface area contributed by atoms with Crippen LogP contribution in [0.2, 0.25) is 0 Å². The summed E-state index contributed by atoms with van der Waals surface area (Å²) >= 11 is 0. The van der Waals surface area contributed by atoms with Gasteiger partial charge in [-0.1, -0.05) is 24.3 Å². The van der Waals surface area contributed by atoms with Gasteiger partial charge in [-0.3, -0.25) is 9.78 Å². The summed E-state index contributed by atoms with van der Waals surface area (Å²) in [5.74, 6) is 0.766. The molecule has 6 nitrogen and oxygen atoms in total. The number of nitrogens with zero attached hydrogens (tertiary/aromatic N) is 3. The topological polar surface area (TPSA) is 63.1 Å². The van der Waals surface area contributed by atoms with Crippen LogP contribution in [0.1, 0.15) is 33.5 Å². The summed E-state index contributed by atoms with van der Waals surface area (Å²) in [4.78, 5) is 24.2. The fourth-order valence-corrected chi connectivity index (χ4v) is 5.09. The zero-order chi connectivity index (χ0) is 22.5. The highest BCUT2D eigenvalue weighted by Crippen LogP contribution is 2.38. The average Bonchev–Trinajstić information content (AvgIpc) is 3.40. The number of carbonyl (C=O) groups excluding carboxylic acids is 1. The predicted octanol–water partition coefficient (Wildman–Crippen LogP) is 4.85. The third-order valence-electron chi connectivity index (χ3n) is 6.73. The van der Waals surface area contributed by atoms with Gasteiger partial charge in [0.1, 0.15) is 17.5 Å². The number of hydrogen-bond acceptors (Lipinski definition) is 3.